The fourth-order valence-electron chi connectivity index (χ4n) is 3.25. The number of carbonyl (C=O) groups excluding carboxylic acids is 1. The van der Waals surface area contributed by atoms with Crippen LogP contribution >= 0.6 is 0 Å². The summed E-state index contributed by atoms with van der Waals surface area (Å²) in [5.41, 5.74) is 0. The van der Waals surface area contributed by atoms with Gasteiger partial charge in [-0.1, -0.05) is 0 Å². The first-order valence-corrected chi connectivity index (χ1v) is 9.67. The Labute approximate surface area is 126 Å². The van der Waals surface area contributed by atoms with Crippen LogP contribution in [0.4, 0.5) is 0 Å². The monoisotopic (exact) mass is 316 g/mol. The molecule has 1 aliphatic carbocycles. The highest BCUT2D eigenvalue weighted by Gasteiger charge is 2.42. The van der Waals surface area contributed by atoms with Crippen LogP contribution in [-0.4, -0.2) is 69.1 Å². The number of hydrogen-bond donors (Lipinski definition) is 1. The van der Waals surface area contributed by atoms with Gasteiger partial charge in [0.2, 0.25) is 5.91 Å². The van der Waals surface area contributed by atoms with E-state index in [0.29, 0.717) is 12.5 Å². The molecule has 2 saturated heterocycles. The molecule has 2 heterocycles. The van der Waals surface area contributed by atoms with Crippen LogP contribution < -0.4 is 5.32 Å². The van der Waals surface area contributed by atoms with Crippen LogP contribution in [0, 0.1) is 5.92 Å². The molecule has 0 aromatic rings. The maximum absolute atomic E-state index is 11.9. The minimum absolute atomic E-state index is 0.0414. The predicted molar refractivity (Wildman–Crippen MR) is 78.7 cm³/mol. The fourth-order valence-corrected chi connectivity index (χ4v) is 5.20. The summed E-state index contributed by atoms with van der Waals surface area (Å²) in [6.07, 6.45) is 4.61. The molecule has 1 amide bonds. The summed E-state index contributed by atoms with van der Waals surface area (Å²) in [4.78, 5) is 14.1. The molecule has 1 saturated carbocycles. The average Bonchev–Trinajstić information content (AvgIpc) is 2.97. The Balaban J connectivity index is 1.52. The molecule has 2 atom stereocenters. The standard InChI is InChI=1S/C14H24N2O4S/c17-14(8-20-7-11-3-4-11)15-12-9-21(18,19)10-13(12)16-5-1-2-6-16/h11-13H,1-10H2,(H,15,17)/t12-,13-/m0/s1. The van der Waals surface area contributed by atoms with Crippen molar-refractivity contribution >= 4 is 15.7 Å². The van der Waals surface area contributed by atoms with E-state index in [0.717, 1.165) is 25.9 Å². The van der Waals surface area contributed by atoms with Crippen molar-refractivity contribution in [1.82, 2.24) is 10.2 Å². The van der Waals surface area contributed by atoms with Crippen LogP contribution in [0.2, 0.25) is 0 Å². The molecule has 1 N–H and O–H groups in total. The Morgan fingerprint density at radius 2 is 1.90 bits per heavy atom. The number of likely N-dealkylation sites (tertiary alicyclic amines) is 1. The normalized spacial score (nSPS) is 32.4. The summed E-state index contributed by atoms with van der Waals surface area (Å²) in [6, 6.07) is -0.352. The van der Waals surface area contributed by atoms with Gasteiger partial charge in [0.1, 0.15) is 6.61 Å². The van der Waals surface area contributed by atoms with Crippen LogP contribution in [0.1, 0.15) is 25.7 Å². The van der Waals surface area contributed by atoms with Crippen LogP contribution in [0.15, 0.2) is 0 Å². The molecule has 120 valence electrons. The maximum Gasteiger partial charge on any atom is 0.246 e. The lowest BCUT2D eigenvalue weighted by Crippen LogP contribution is -2.51. The number of hydrogen-bond acceptors (Lipinski definition) is 5. The van der Waals surface area contributed by atoms with Crippen molar-refractivity contribution < 1.29 is 17.9 Å². The molecule has 3 rings (SSSR count). The van der Waals surface area contributed by atoms with E-state index < -0.39 is 9.84 Å². The Kier molecular flexibility index (Phi) is 4.51. The molecule has 0 spiro atoms. The van der Waals surface area contributed by atoms with Gasteiger partial charge in [-0.2, -0.15) is 0 Å². The number of nitrogens with one attached hydrogen (secondary N) is 1. The first-order chi connectivity index (χ1) is 10.0. The van der Waals surface area contributed by atoms with Crippen molar-refractivity contribution in [2.45, 2.75) is 37.8 Å². The molecular formula is C14H24N2O4S. The van der Waals surface area contributed by atoms with Gasteiger partial charge in [-0.05, 0) is 44.7 Å². The van der Waals surface area contributed by atoms with Gasteiger partial charge in [-0.25, -0.2) is 8.42 Å². The third kappa shape index (κ3) is 4.17. The maximum atomic E-state index is 11.9. The van der Waals surface area contributed by atoms with Gasteiger partial charge in [0, 0.05) is 6.04 Å². The minimum Gasteiger partial charge on any atom is -0.371 e. The highest BCUT2D eigenvalue weighted by molar-refractivity contribution is 7.91. The molecule has 3 aliphatic rings. The molecular weight excluding hydrogens is 292 g/mol. The topological polar surface area (TPSA) is 75.7 Å². The van der Waals surface area contributed by atoms with E-state index >= 15 is 0 Å². The van der Waals surface area contributed by atoms with Crippen molar-refractivity contribution in [1.29, 1.82) is 0 Å². The highest BCUT2D eigenvalue weighted by atomic mass is 32.2. The molecule has 7 heteroatoms. The van der Waals surface area contributed by atoms with E-state index in [1.54, 1.807) is 0 Å². The van der Waals surface area contributed by atoms with Crippen LogP contribution in [0.3, 0.4) is 0 Å². The third-order valence-corrected chi connectivity index (χ3v) is 6.28. The molecule has 0 bridgehead atoms. The number of nitrogens with zero attached hydrogens (tertiary/aromatic N) is 1. The lowest BCUT2D eigenvalue weighted by atomic mass is 10.1. The van der Waals surface area contributed by atoms with Crippen molar-refractivity contribution in [3.63, 3.8) is 0 Å². The van der Waals surface area contributed by atoms with Gasteiger partial charge in [-0.3, -0.25) is 9.69 Å². The van der Waals surface area contributed by atoms with Crippen LogP contribution in [0.25, 0.3) is 0 Å². The van der Waals surface area contributed by atoms with E-state index in [4.69, 9.17) is 4.74 Å². The second kappa shape index (κ2) is 6.22. The molecule has 0 radical (unpaired) electrons. The molecule has 2 aliphatic heterocycles. The number of ether oxygens (including phenoxy) is 1. The first kappa shape index (κ1) is 15.2. The second-order valence-electron chi connectivity index (χ2n) is 6.52. The van der Waals surface area contributed by atoms with Crippen molar-refractivity contribution in [2.24, 2.45) is 5.92 Å². The van der Waals surface area contributed by atoms with Crippen LogP contribution in [0.5, 0.6) is 0 Å². The summed E-state index contributed by atoms with van der Waals surface area (Å²) in [7, 11) is -3.05. The summed E-state index contributed by atoms with van der Waals surface area (Å²) in [5.74, 6) is 0.660. The van der Waals surface area contributed by atoms with Gasteiger partial charge >= 0.3 is 0 Å². The summed E-state index contributed by atoms with van der Waals surface area (Å²) < 4.78 is 29.2. The van der Waals surface area contributed by atoms with E-state index in [9.17, 15) is 13.2 Å². The zero-order chi connectivity index (χ0) is 14.9. The number of sulfone groups is 1. The van der Waals surface area contributed by atoms with Crippen molar-refractivity contribution in [2.75, 3.05) is 37.8 Å². The minimum atomic E-state index is -3.05. The highest BCUT2D eigenvalue weighted by Crippen LogP contribution is 2.28. The second-order valence-corrected chi connectivity index (χ2v) is 8.67. The summed E-state index contributed by atoms with van der Waals surface area (Å²) in [5, 5.41) is 2.87. The lowest BCUT2D eigenvalue weighted by Gasteiger charge is -2.28. The number of amides is 1. The Bertz CT molecular complexity index is 483. The quantitative estimate of drug-likeness (QED) is 0.734. The molecule has 3 fully saturated rings. The van der Waals surface area contributed by atoms with Gasteiger partial charge in [0.15, 0.2) is 9.84 Å². The smallest absolute Gasteiger partial charge is 0.246 e. The fraction of sp³-hybridized carbons (Fsp3) is 0.929. The molecule has 0 aromatic carbocycles. The third-order valence-electron chi connectivity index (χ3n) is 4.56. The first-order valence-electron chi connectivity index (χ1n) is 7.85. The largest absolute Gasteiger partial charge is 0.371 e. The van der Waals surface area contributed by atoms with Gasteiger partial charge in [0.25, 0.3) is 0 Å². The van der Waals surface area contributed by atoms with Crippen LogP contribution in [-0.2, 0) is 19.4 Å². The molecule has 21 heavy (non-hydrogen) atoms. The summed E-state index contributed by atoms with van der Waals surface area (Å²) >= 11 is 0. The Morgan fingerprint density at radius 1 is 1.19 bits per heavy atom. The van der Waals surface area contributed by atoms with E-state index in [-0.39, 0.29) is 36.1 Å². The van der Waals surface area contributed by atoms with Crippen molar-refractivity contribution in [3.05, 3.63) is 0 Å². The Morgan fingerprint density at radius 3 is 2.57 bits per heavy atom. The van der Waals surface area contributed by atoms with Gasteiger partial charge < -0.3 is 10.1 Å². The predicted octanol–water partition coefficient (Wildman–Crippen LogP) is -0.209. The lowest BCUT2D eigenvalue weighted by molar-refractivity contribution is -0.126. The van der Waals surface area contributed by atoms with E-state index in [1.807, 2.05) is 0 Å². The van der Waals surface area contributed by atoms with Crippen molar-refractivity contribution in [3.8, 4) is 0 Å². The SMILES string of the molecule is O=C(COCC1CC1)N[C@H]1CS(=O)(=O)C[C@@H]1N1CCCC1. The number of carbonyl (C=O) groups is 1. The Hall–Kier alpha value is -0.660. The van der Waals surface area contributed by atoms with E-state index in [1.165, 1.54) is 12.8 Å². The summed E-state index contributed by atoms with van der Waals surface area (Å²) in [6.45, 7) is 2.56. The van der Waals surface area contributed by atoms with Gasteiger partial charge in [-0.15, -0.1) is 0 Å². The van der Waals surface area contributed by atoms with E-state index in [2.05, 4.69) is 10.2 Å². The average molecular weight is 316 g/mol. The number of rotatable bonds is 6. The zero-order valence-electron chi connectivity index (χ0n) is 12.3. The molecule has 6 nitrogen and oxygen atoms in total. The molecule has 0 aromatic heterocycles. The molecule has 0 unspecified atom stereocenters. The van der Waals surface area contributed by atoms with Gasteiger partial charge in [0.05, 0.1) is 24.2 Å². The zero-order valence-corrected chi connectivity index (χ0v) is 13.1.